The molecule has 0 saturated carbocycles. The van der Waals surface area contributed by atoms with E-state index >= 15 is 0 Å². The number of hydrogen-bond donors (Lipinski definition) is 0. The minimum absolute atomic E-state index is 0.800. The van der Waals surface area contributed by atoms with E-state index in [0.29, 0.717) is 0 Å². The second-order valence-electron chi connectivity index (χ2n) is 2.78. The van der Waals surface area contributed by atoms with Gasteiger partial charge in [0, 0.05) is 33.5 Å². The molecule has 0 aromatic carbocycles. The molecule has 11 heavy (non-hydrogen) atoms. The summed E-state index contributed by atoms with van der Waals surface area (Å²) in [6.07, 6.45) is 1.08. The number of hydrogen-bond acceptors (Lipinski definition) is 3. The van der Waals surface area contributed by atoms with Crippen LogP contribution in [0.25, 0.3) is 0 Å². The molecule has 66 valence electrons. The summed E-state index contributed by atoms with van der Waals surface area (Å²) in [5, 5.41) is 0. The Hall–Kier alpha value is 0.0969. The fourth-order valence-electron chi connectivity index (χ4n) is 1.39. The van der Waals surface area contributed by atoms with Crippen molar-refractivity contribution in [3.63, 3.8) is 0 Å². The molecule has 3 nitrogen and oxygen atoms in total. The predicted molar refractivity (Wildman–Crippen MR) is 44.8 cm³/mol. The van der Waals surface area contributed by atoms with E-state index in [9.17, 15) is 0 Å². The lowest BCUT2D eigenvalue weighted by Gasteiger charge is -2.24. The summed E-state index contributed by atoms with van der Waals surface area (Å²) in [5.74, 6) is 0. The van der Waals surface area contributed by atoms with Crippen LogP contribution in [0.15, 0.2) is 0 Å². The summed E-state index contributed by atoms with van der Waals surface area (Å²) in [5.41, 5.74) is 0. The smallest absolute Gasteiger partial charge is 0.340 e. The first-order valence-electron chi connectivity index (χ1n) is 4.01. The van der Waals surface area contributed by atoms with Crippen molar-refractivity contribution >= 4 is 8.56 Å². The molecule has 1 aliphatic rings. The molecule has 1 saturated heterocycles. The summed E-state index contributed by atoms with van der Waals surface area (Å²) in [4.78, 5) is 0. The average molecular weight is 176 g/mol. The quantitative estimate of drug-likeness (QED) is 0.591. The van der Waals surface area contributed by atoms with Crippen LogP contribution in [0.5, 0.6) is 0 Å². The molecular weight excluding hydrogens is 160 g/mol. The molecule has 0 radical (unpaired) electrons. The molecule has 0 atom stereocenters. The third kappa shape index (κ3) is 2.26. The maximum absolute atomic E-state index is 5.44. The Morgan fingerprint density at radius 2 is 1.82 bits per heavy atom. The highest BCUT2D eigenvalue weighted by Crippen LogP contribution is 2.22. The van der Waals surface area contributed by atoms with E-state index in [1.807, 2.05) is 0 Å². The number of rotatable bonds is 2. The molecule has 1 heterocycles. The molecule has 0 aromatic heterocycles. The van der Waals surface area contributed by atoms with Gasteiger partial charge in [-0.25, -0.2) is 0 Å². The SMILES string of the molecule is CO[Si]1(OC)CCCOCC1. The maximum Gasteiger partial charge on any atom is 0.340 e. The minimum Gasteiger partial charge on any atom is -0.398 e. The van der Waals surface area contributed by atoms with Crippen molar-refractivity contribution in [3.05, 3.63) is 0 Å². The van der Waals surface area contributed by atoms with Crippen molar-refractivity contribution in [2.45, 2.75) is 18.5 Å². The Labute approximate surface area is 68.9 Å². The van der Waals surface area contributed by atoms with Gasteiger partial charge in [-0.3, -0.25) is 0 Å². The van der Waals surface area contributed by atoms with Crippen LogP contribution in [-0.4, -0.2) is 36.0 Å². The highest BCUT2D eigenvalue weighted by atomic mass is 28.4. The van der Waals surface area contributed by atoms with E-state index in [2.05, 4.69) is 0 Å². The van der Waals surface area contributed by atoms with Crippen LogP contribution >= 0.6 is 0 Å². The molecule has 0 spiro atoms. The molecule has 1 aliphatic heterocycles. The highest BCUT2D eigenvalue weighted by Gasteiger charge is 2.35. The normalized spacial score (nSPS) is 24.5. The van der Waals surface area contributed by atoms with Gasteiger partial charge in [0.15, 0.2) is 0 Å². The second kappa shape index (κ2) is 4.20. The molecule has 0 N–H and O–H groups in total. The summed E-state index contributed by atoms with van der Waals surface area (Å²) in [6.45, 7) is 1.66. The van der Waals surface area contributed by atoms with Crippen molar-refractivity contribution in [1.29, 1.82) is 0 Å². The summed E-state index contributed by atoms with van der Waals surface area (Å²) in [6, 6.07) is 2.04. The van der Waals surface area contributed by atoms with Gasteiger partial charge in [0.05, 0.1) is 0 Å². The lowest BCUT2D eigenvalue weighted by Crippen LogP contribution is -2.39. The van der Waals surface area contributed by atoms with E-state index in [1.165, 1.54) is 0 Å². The van der Waals surface area contributed by atoms with Crippen LogP contribution < -0.4 is 0 Å². The average Bonchev–Trinajstić information content (AvgIpc) is 2.30. The molecule has 0 amide bonds. The topological polar surface area (TPSA) is 27.7 Å². The molecule has 1 fully saturated rings. The van der Waals surface area contributed by atoms with Crippen LogP contribution in [0.3, 0.4) is 0 Å². The zero-order chi connectivity index (χ0) is 8.16. The first-order valence-corrected chi connectivity index (χ1v) is 6.24. The lowest BCUT2D eigenvalue weighted by molar-refractivity contribution is 0.149. The van der Waals surface area contributed by atoms with Gasteiger partial charge in [0.25, 0.3) is 0 Å². The zero-order valence-corrected chi connectivity index (χ0v) is 8.26. The molecular formula is C7H16O3Si. The summed E-state index contributed by atoms with van der Waals surface area (Å²) < 4.78 is 16.2. The Morgan fingerprint density at radius 1 is 1.09 bits per heavy atom. The van der Waals surface area contributed by atoms with Gasteiger partial charge < -0.3 is 13.6 Å². The lowest BCUT2D eigenvalue weighted by atomic mass is 10.5. The van der Waals surface area contributed by atoms with Crippen LogP contribution in [0, 0.1) is 0 Å². The zero-order valence-electron chi connectivity index (χ0n) is 7.26. The van der Waals surface area contributed by atoms with Crippen molar-refractivity contribution in [3.8, 4) is 0 Å². The standard InChI is InChI=1S/C7H16O3Si/c1-8-11(9-2)6-3-4-10-5-7-11/h3-7H2,1-2H3. The van der Waals surface area contributed by atoms with Gasteiger partial charge in [-0.05, 0) is 12.5 Å². The molecule has 0 aliphatic carbocycles. The Bertz CT molecular complexity index is 104. The first-order chi connectivity index (χ1) is 5.33. The third-order valence-corrected chi connectivity index (χ3v) is 5.79. The van der Waals surface area contributed by atoms with Crippen molar-refractivity contribution < 1.29 is 13.6 Å². The molecule has 0 bridgehead atoms. The van der Waals surface area contributed by atoms with Gasteiger partial charge in [0.1, 0.15) is 0 Å². The third-order valence-electron chi connectivity index (χ3n) is 2.22. The van der Waals surface area contributed by atoms with E-state index in [4.69, 9.17) is 13.6 Å². The monoisotopic (exact) mass is 176 g/mol. The molecule has 0 unspecified atom stereocenters. The first kappa shape index (κ1) is 9.19. The predicted octanol–water partition coefficient (Wildman–Crippen LogP) is 1.14. The van der Waals surface area contributed by atoms with Crippen molar-refractivity contribution in [2.24, 2.45) is 0 Å². The Morgan fingerprint density at radius 3 is 2.45 bits per heavy atom. The molecule has 1 rings (SSSR count). The Balaban J connectivity index is 2.49. The van der Waals surface area contributed by atoms with E-state index in [-0.39, 0.29) is 0 Å². The Kier molecular flexibility index (Phi) is 3.51. The van der Waals surface area contributed by atoms with Crippen molar-refractivity contribution in [2.75, 3.05) is 27.4 Å². The van der Waals surface area contributed by atoms with Crippen LogP contribution in [-0.2, 0) is 13.6 Å². The second-order valence-corrected chi connectivity index (χ2v) is 6.42. The maximum atomic E-state index is 5.44. The highest BCUT2D eigenvalue weighted by molar-refractivity contribution is 6.67. The molecule has 4 heteroatoms. The van der Waals surface area contributed by atoms with Gasteiger partial charge in [-0.2, -0.15) is 0 Å². The van der Waals surface area contributed by atoms with Crippen LogP contribution in [0.4, 0.5) is 0 Å². The van der Waals surface area contributed by atoms with E-state index in [0.717, 1.165) is 31.7 Å². The van der Waals surface area contributed by atoms with E-state index < -0.39 is 8.56 Å². The van der Waals surface area contributed by atoms with Gasteiger partial charge in [-0.15, -0.1) is 0 Å². The van der Waals surface area contributed by atoms with Crippen LogP contribution in [0.1, 0.15) is 6.42 Å². The fourth-order valence-corrected chi connectivity index (χ4v) is 3.76. The van der Waals surface area contributed by atoms with Crippen LogP contribution in [0.2, 0.25) is 12.1 Å². The van der Waals surface area contributed by atoms with E-state index in [1.54, 1.807) is 14.2 Å². The minimum atomic E-state index is -1.81. The van der Waals surface area contributed by atoms with Crippen molar-refractivity contribution in [1.82, 2.24) is 0 Å². The fraction of sp³-hybridized carbons (Fsp3) is 1.00. The summed E-state index contributed by atoms with van der Waals surface area (Å²) >= 11 is 0. The van der Waals surface area contributed by atoms with Gasteiger partial charge in [0.2, 0.25) is 0 Å². The summed E-state index contributed by atoms with van der Waals surface area (Å²) in [7, 11) is 1.70. The largest absolute Gasteiger partial charge is 0.398 e. The van der Waals surface area contributed by atoms with Gasteiger partial charge in [-0.1, -0.05) is 0 Å². The number of ether oxygens (including phenoxy) is 1. The molecule has 0 aromatic rings. The van der Waals surface area contributed by atoms with Gasteiger partial charge >= 0.3 is 8.56 Å².